The van der Waals surface area contributed by atoms with Gasteiger partial charge in [-0.2, -0.15) is 0 Å². The lowest BCUT2D eigenvalue weighted by Gasteiger charge is -2.25. The highest BCUT2D eigenvalue weighted by atomic mass is 16.5. The van der Waals surface area contributed by atoms with Crippen molar-refractivity contribution in [2.45, 2.75) is 39.2 Å². The van der Waals surface area contributed by atoms with Crippen molar-refractivity contribution in [2.75, 3.05) is 6.61 Å². The molecule has 0 unspecified atom stereocenters. The topological polar surface area (TPSA) is 72.6 Å². The zero-order valence-electron chi connectivity index (χ0n) is 11.2. The normalized spacial score (nSPS) is 11.3. The van der Waals surface area contributed by atoms with Gasteiger partial charge in [0.15, 0.2) is 0 Å². The summed E-state index contributed by atoms with van der Waals surface area (Å²) in [5.74, 6) is -0.0932. The van der Waals surface area contributed by atoms with Crippen LogP contribution in [0.1, 0.15) is 42.6 Å². The van der Waals surface area contributed by atoms with Crippen LogP contribution in [0.3, 0.4) is 0 Å². The molecular formula is C14H21NO3. The molecule has 1 rings (SSSR count). The van der Waals surface area contributed by atoms with Gasteiger partial charge in [0, 0.05) is 0 Å². The molecule has 0 saturated heterocycles. The number of nitrogens with two attached hydrogens (primary N) is 1. The van der Waals surface area contributed by atoms with Crippen LogP contribution in [0.2, 0.25) is 0 Å². The Labute approximate surface area is 108 Å². The average molecular weight is 251 g/mol. The van der Waals surface area contributed by atoms with E-state index in [9.17, 15) is 9.90 Å². The summed E-state index contributed by atoms with van der Waals surface area (Å²) >= 11 is 0. The second kappa shape index (κ2) is 5.87. The average Bonchev–Trinajstić information content (AvgIpc) is 2.35. The molecule has 1 aromatic carbocycles. The molecule has 0 aliphatic rings. The fourth-order valence-corrected chi connectivity index (χ4v) is 1.62. The van der Waals surface area contributed by atoms with Crippen LogP contribution in [-0.4, -0.2) is 23.2 Å². The molecule has 0 atom stereocenters. The van der Waals surface area contributed by atoms with Gasteiger partial charge in [0.1, 0.15) is 12.4 Å². The van der Waals surface area contributed by atoms with E-state index in [1.807, 2.05) is 20.8 Å². The monoisotopic (exact) mass is 251 g/mol. The predicted octanol–water partition coefficient (Wildman–Crippen LogP) is 2.02. The summed E-state index contributed by atoms with van der Waals surface area (Å²) in [6.07, 6.45) is 1.20. The van der Waals surface area contributed by atoms with Gasteiger partial charge >= 0.3 is 0 Å². The van der Waals surface area contributed by atoms with E-state index in [2.05, 4.69) is 0 Å². The Kier molecular flexibility index (Phi) is 4.73. The van der Waals surface area contributed by atoms with Crippen molar-refractivity contribution in [3.8, 4) is 5.75 Å². The molecule has 3 N–H and O–H groups in total. The molecule has 0 aliphatic heterocycles. The number of amides is 1. The van der Waals surface area contributed by atoms with Gasteiger partial charge in [-0.05, 0) is 37.5 Å². The quantitative estimate of drug-likeness (QED) is 0.812. The molecule has 0 saturated carbocycles. The largest absolute Gasteiger partial charge is 0.490 e. The van der Waals surface area contributed by atoms with E-state index >= 15 is 0 Å². The molecule has 0 radical (unpaired) electrons. The Morgan fingerprint density at radius 2 is 2.00 bits per heavy atom. The maximum Gasteiger partial charge on any atom is 0.252 e. The number of rotatable bonds is 6. The Bertz CT molecular complexity index is 425. The highest BCUT2D eigenvalue weighted by molar-refractivity contribution is 5.95. The van der Waals surface area contributed by atoms with Crippen molar-refractivity contribution >= 4 is 5.91 Å². The molecule has 18 heavy (non-hydrogen) atoms. The van der Waals surface area contributed by atoms with Crippen molar-refractivity contribution in [3.63, 3.8) is 0 Å². The first-order chi connectivity index (χ1) is 8.41. The smallest absolute Gasteiger partial charge is 0.252 e. The van der Waals surface area contributed by atoms with E-state index in [1.54, 1.807) is 18.2 Å². The SMILES string of the molecule is CCC(O)(CC)COc1cc(C)ccc1C(N)=O. The van der Waals surface area contributed by atoms with Crippen molar-refractivity contribution in [1.82, 2.24) is 0 Å². The van der Waals surface area contributed by atoms with Crippen LogP contribution in [-0.2, 0) is 0 Å². The Balaban J connectivity index is 2.90. The van der Waals surface area contributed by atoms with Crippen LogP contribution >= 0.6 is 0 Å². The van der Waals surface area contributed by atoms with Crippen LogP contribution in [0.5, 0.6) is 5.75 Å². The summed E-state index contributed by atoms with van der Waals surface area (Å²) in [7, 11) is 0. The second-order valence-corrected chi connectivity index (χ2v) is 4.58. The van der Waals surface area contributed by atoms with E-state index in [0.29, 0.717) is 24.2 Å². The molecule has 0 fully saturated rings. The minimum atomic E-state index is -0.862. The van der Waals surface area contributed by atoms with E-state index in [1.165, 1.54) is 0 Å². The molecule has 0 aromatic heterocycles. The van der Waals surface area contributed by atoms with Crippen LogP contribution in [0.25, 0.3) is 0 Å². The van der Waals surface area contributed by atoms with Crippen LogP contribution in [0.4, 0.5) is 0 Å². The third kappa shape index (κ3) is 3.47. The van der Waals surface area contributed by atoms with Gasteiger partial charge in [-0.3, -0.25) is 4.79 Å². The number of carbonyl (C=O) groups is 1. The third-order valence-electron chi connectivity index (χ3n) is 3.22. The molecule has 1 aromatic rings. The molecule has 0 bridgehead atoms. The molecule has 4 nitrogen and oxygen atoms in total. The number of aliphatic hydroxyl groups is 1. The van der Waals surface area contributed by atoms with Gasteiger partial charge in [-0.15, -0.1) is 0 Å². The van der Waals surface area contributed by atoms with Gasteiger partial charge in [-0.25, -0.2) is 0 Å². The number of primary amides is 1. The van der Waals surface area contributed by atoms with Crippen molar-refractivity contribution in [3.05, 3.63) is 29.3 Å². The molecule has 4 heteroatoms. The van der Waals surface area contributed by atoms with E-state index in [-0.39, 0.29) is 6.61 Å². The molecule has 100 valence electrons. The highest BCUT2D eigenvalue weighted by Crippen LogP contribution is 2.23. The fraction of sp³-hybridized carbons (Fsp3) is 0.500. The first-order valence-electron chi connectivity index (χ1n) is 6.17. The first kappa shape index (κ1) is 14.5. The van der Waals surface area contributed by atoms with Gasteiger partial charge in [0.25, 0.3) is 5.91 Å². The predicted molar refractivity (Wildman–Crippen MR) is 70.7 cm³/mol. The Morgan fingerprint density at radius 1 is 1.39 bits per heavy atom. The van der Waals surface area contributed by atoms with E-state index < -0.39 is 11.5 Å². The lowest BCUT2D eigenvalue weighted by molar-refractivity contribution is -0.0115. The fourth-order valence-electron chi connectivity index (χ4n) is 1.62. The van der Waals surface area contributed by atoms with Crippen LogP contribution in [0.15, 0.2) is 18.2 Å². The zero-order valence-corrected chi connectivity index (χ0v) is 11.2. The van der Waals surface area contributed by atoms with Crippen molar-refractivity contribution < 1.29 is 14.6 Å². The number of hydrogen-bond donors (Lipinski definition) is 2. The maximum atomic E-state index is 11.3. The number of benzene rings is 1. The minimum Gasteiger partial charge on any atom is -0.490 e. The lowest BCUT2D eigenvalue weighted by atomic mass is 9.99. The standard InChI is InChI=1S/C14H21NO3/c1-4-14(17,5-2)9-18-12-8-10(3)6-7-11(12)13(15)16/h6-8,17H,4-5,9H2,1-3H3,(H2,15,16). The number of hydrogen-bond acceptors (Lipinski definition) is 3. The van der Waals surface area contributed by atoms with E-state index in [0.717, 1.165) is 5.56 Å². The molecule has 0 spiro atoms. The molecular weight excluding hydrogens is 230 g/mol. The van der Waals surface area contributed by atoms with Gasteiger partial charge in [-0.1, -0.05) is 19.9 Å². The number of carbonyl (C=O) groups excluding carboxylic acids is 1. The summed E-state index contributed by atoms with van der Waals surface area (Å²) < 4.78 is 5.58. The van der Waals surface area contributed by atoms with Crippen molar-refractivity contribution in [1.29, 1.82) is 0 Å². The van der Waals surface area contributed by atoms with Crippen LogP contribution < -0.4 is 10.5 Å². The molecule has 1 amide bonds. The maximum absolute atomic E-state index is 11.3. The van der Waals surface area contributed by atoms with Crippen LogP contribution in [0, 0.1) is 6.92 Å². The second-order valence-electron chi connectivity index (χ2n) is 4.58. The third-order valence-corrected chi connectivity index (χ3v) is 3.22. The van der Waals surface area contributed by atoms with E-state index in [4.69, 9.17) is 10.5 Å². The Morgan fingerprint density at radius 3 is 2.50 bits per heavy atom. The van der Waals surface area contributed by atoms with Gasteiger partial charge in [0.2, 0.25) is 0 Å². The summed E-state index contributed by atoms with van der Waals surface area (Å²) in [6.45, 7) is 5.86. The highest BCUT2D eigenvalue weighted by Gasteiger charge is 2.24. The summed E-state index contributed by atoms with van der Waals surface area (Å²) in [4.78, 5) is 11.3. The summed E-state index contributed by atoms with van der Waals surface area (Å²) in [5.41, 5.74) is 5.75. The first-order valence-corrected chi connectivity index (χ1v) is 6.17. The minimum absolute atomic E-state index is 0.156. The zero-order chi connectivity index (χ0) is 13.8. The number of aryl methyl sites for hydroxylation is 1. The van der Waals surface area contributed by atoms with Gasteiger partial charge < -0.3 is 15.6 Å². The Hall–Kier alpha value is -1.55. The van der Waals surface area contributed by atoms with Gasteiger partial charge in [0.05, 0.1) is 11.2 Å². The lowest BCUT2D eigenvalue weighted by Crippen LogP contribution is -2.34. The summed E-state index contributed by atoms with van der Waals surface area (Å²) in [6, 6.07) is 5.20. The number of ether oxygens (including phenoxy) is 1. The summed E-state index contributed by atoms with van der Waals surface area (Å²) in [5, 5.41) is 10.1. The van der Waals surface area contributed by atoms with Crippen molar-refractivity contribution in [2.24, 2.45) is 5.73 Å². The molecule has 0 heterocycles. The molecule has 0 aliphatic carbocycles.